The number of aromatic hydroxyl groups is 1. The molecule has 1 heterocycles. The number of hydrogen-bond donors (Lipinski definition) is 3. The third-order valence-corrected chi connectivity index (χ3v) is 4.86. The van der Waals surface area contributed by atoms with Crippen LogP contribution in [0.5, 0.6) is 17.2 Å². The quantitative estimate of drug-likeness (QED) is 0.253. The molecule has 0 bridgehead atoms. The number of benzene rings is 3. The van der Waals surface area contributed by atoms with Crippen LogP contribution < -0.4 is 14.9 Å². The van der Waals surface area contributed by atoms with Crippen molar-refractivity contribution in [2.75, 3.05) is 6.61 Å². The maximum atomic E-state index is 12.4. The van der Waals surface area contributed by atoms with Gasteiger partial charge in [-0.3, -0.25) is 9.89 Å². The van der Waals surface area contributed by atoms with Gasteiger partial charge in [0.1, 0.15) is 18.1 Å². The first-order valence-corrected chi connectivity index (χ1v) is 10.7. The number of carbonyl (C=O) groups is 1. The zero-order valence-corrected chi connectivity index (χ0v) is 18.6. The molecule has 3 N–H and O–H groups in total. The van der Waals surface area contributed by atoms with Gasteiger partial charge in [-0.25, -0.2) is 5.43 Å². The molecule has 0 atom stereocenters. The zero-order chi connectivity index (χ0) is 23.8. The standard InChI is InChI=1S/C26H24N4O4/c1-2-33-25-13-19(11-12-24(25)31)16-27-30-26(32)23-15-22(28-29-23)20-9-6-10-21(14-20)34-17-18-7-4-3-5-8-18/h3-16,31H,2,17H2,1H3,(H,28,29)(H,30,32)/b27-16-. The summed E-state index contributed by atoms with van der Waals surface area (Å²) < 4.78 is 11.2. The first kappa shape index (κ1) is 22.6. The first-order chi connectivity index (χ1) is 16.6. The van der Waals surface area contributed by atoms with E-state index in [2.05, 4.69) is 20.7 Å². The van der Waals surface area contributed by atoms with Crippen LogP contribution in [0.4, 0.5) is 0 Å². The number of carbonyl (C=O) groups excluding carboxylic acids is 1. The highest BCUT2D eigenvalue weighted by Gasteiger charge is 2.11. The van der Waals surface area contributed by atoms with E-state index in [1.165, 1.54) is 12.3 Å². The van der Waals surface area contributed by atoms with Crippen LogP contribution >= 0.6 is 0 Å². The number of H-pyrrole nitrogens is 1. The molecule has 34 heavy (non-hydrogen) atoms. The first-order valence-electron chi connectivity index (χ1n) is 10.7. The van der Waals surface area contributed by atoms with Crippen molar-refractivity contribution in [3.63, 3.8) is 0 Å². The highest BCUT2D eigenvalue weighted by Crippen LogP contribution is 2.26. The predicted molar refractivity (Wildman–Crippen MR) is 129 cm³/mol. The van der Waals surface area contributed by atoms with Gasteiger partial charge in [0, 0.05) is 5.56 Å². The molecule has 0 unspecified atom stereocenters. The topological polar surface area (TPSA) is 109 Å². The Morgan fingerprint density at radius 2 is 1.91 bits per heavy atom. The van der Waals surface area contributed by atoms with Crippen LogP contribution in [0, 0.1) is 0 Å². The van der Waals surface area contributed by atoms with Crippen LogP contribution in [-0.4, -0.2) is 34.0 Å². The molecule has 0 aliphatic heterocycles. The Hall–Kier alpha value is -4.59. The smallest absolute Gasteiger partial charge is 0.289 e. The van der Waals surface area contributed by atoms with Crippen molar-refractivity contribution in [1.29, 1.82) is 0 Å². The second kappa shape index (κ2) is 10.8. The largest absolute Gasteiger partial charge is 0.504 e. The summed E-state index contributed by atoms with van der Waals surface area (Å²) >= 11 is 0. The minimum Gasteiger partial charge on any atom is -0.504 e. The normalized spacial score (nSPS) is 10.9. The zero-order valence-electron chi connectivity index (χ0n) is 18.6. The van der Waals surface area contributed by atoms with Crippen molar-refractivity contribution in [3.05, 3.63) is 95.7 Å². The van der Waals surface area contributed by atoms with Crippen molar-refractivity contribution < 1.29 is 19.4 Å². The van der Waals surface area contributed by atoms with Crippen LogP contribution in [0.15, 0.2) is 84.0 Å². The lowest BCUT2D eigenvalue weighted by Crippen LogP contribution is -2.18. The van der Waals surface area contributed by atoms with Gasteiger partial charge in [-0.15, -0.1) is 0 Å². The van der Waals surface area contributed by atoms with Crippen molar-refractivity contribution in [1.82, 2.24) is 15.6 Å². The van der Waals surface area contributed by atoms with Crippen LogP contribution in [0.3, 0.4) is 0 Å². The van der Waals surface area contributed by atoms with Gasteiger partial charge in [-0.2, -0.15) is 10.2 Å². The Morgan fingerprint density at radius 1 is 1.06 bits per heavy atom. The van der Waals surface area contributed by atoms with Crippen LogP contribution in [0.2, 0.25) is 0 Å². The number of phenolic OH excluding ortho intramolecular Hbond substituents is 1. The van der Waals surface area contributed by atoms with Crippen molar-refractivity contribution in [2.45, 2.75) is 13.5 Å². The van der Waals surface area contributed by atoms with Gasteiger partial charge < -0.3 is 14.6 Å². The Morgan fingerprint density at radius 3 is 2.74 bits per heavy atom. The Labute approximate surface area is 196 Å². The molecule has 1 amide bonds. The fourth-order valence-corrected chi connectivity index (χ4v) is 3.18. The van der Waals surface area contributed by atoms with Gasteiger partial charge in [-0.05, 0) is 54.4 Å². The number of nitrogens with one attached hydrogen (secondary N) is 2. The van der Waals surface area contributed by atoms with E-state index >= 15 is 0 Å². The van der Waals surface area contributed by atoms with E-state index in [0.29, 0.717) is 36.0 Å². The number of phenols is 1. The Balaban J connectivity index is 1.38. The molecule has 8 heteroatoms. The van der Waals surface area contributed by atoms with Crippen LogP contribution in [0.25, 0.3) is 11.3 Å². The number of ether oxygens (including phenoxy) is 2. The van der Waals surface area contributed by atoms with E-state index in [0.717, 1.165) is 11.1 Å². The summed E-state index contributed by atoms with van der Waals surface area (Å²) in [5.74, 6) is 0.670. The molecule has 0 radical (unpaired) electrons. The number of hydrazone groups is 1. The van der Waals surface area contributed by atoms with Crippen LogP contribution in [-0.2, 0) is 6.61 Å². The van der Waals surface area contributed by atoms with E-state index in [9.17, 15) is 9.90 Å². The van der Waals surface area contributed by atoms with Crippen molar-refractivity contribution in [3.8, 4) is 28.5 Å². The molecule has 1 aromatic heterocycles. The SMILES string of the molecule is CCOc1cc(/C=N\NC(=O)c2cc(-c3cccc(OCc4ccccc4)c3)n[nH]2)ccc1O. The molecule has 4 aromatic rings. The fraction of sp³-hybridized carbons (Fsp3) is 0.115. The summed E-state index contributed by atoms with van der Waals surface area (Å²) in [5.41, 5.74) is 5.90. The second-order valence-electron chi connectivity index (χ2n) is 7.33. The number of rotatable bonds is 9. The fourth-order valence-electron chi connectivity index (χ4n) is 3.18. The van der Waals surface area contributed by atoms with Crippen LogP contribution in [0.1, 0.15) is 28.5 Å². The molecule has 0 aliphatic carbocycles. The number of hydrogen-bond acceptors (Lipinski definition) is 6. The molecule has 4 rings (SSSR count). The number of aromatic nitrogens is 2. The molecule has 8 nitrogen and oxygen atoms in total. The van der Waals surface area contributed by atoms with Gasteiger partial charge in [0.05, 0.1) is 18.5 Å². The van der Waals surface area contributed by atoms with E-state index in [1.807, 2.05) is 61.5 Å². The van der Waals surface area contributed by atoms with Crippen molar-refractivity contribution in [2.24, 2.45) is 5.10 Å². The molecule has 0 saturated carbocycles. The van der Waals surface area contributed by atoms with Gasteiger partial charge in [-0.1, -0.05) is 42.5 Å². The average Bonchev–Trinajstić information content (AvgIpc) is 3.36. The van der Waals surface area contributed by atoms with Crippen molar-refractivity contribution >= 4 is 12.1 Å². The third-order valence-electron chi connectivity index (χ3n) is 4.86. The summed E-state index contributed by atoms with van der Waals surface area (Å²) in [4.78, 5) is 12.4. The van der Waals surface area contributed by atoms with Gasteiger partial charge in [0.15, 0.2) is 11.5 Å². The Kier molecular flexibility index (Phi) is 7.19. The van der Waals surface area contributed by atoms with E-state index in [1.54, 1.807) is 18.2 Å². The molecule has 172 valence electrons. The summed E-state index contributed by atoms with van der Waals surface area (Å²) in [5, 5.41) is 20.7. The van der Waals surface area contributed by atoms with E-state index in [-0.39, 0.29) is 11.4 Å². The number of aromatic amines is 1. The minimum absolute atomic E-state index is 0.0440. The maximum Gasteiger partial charge on any atom is 0.289 e. The van der Waals surface area contributed by atoms with E-state index < -0.39 is 5.91 Å². The average molecular weight is 457 g/mol. The molecule has 3 aromatic carbocycles. The minimum atomic E-state index is -0.435. The second-order valence-corrected chi connectivity index (χ2v) is 7.33. The molecular formula is C26H24N4O4. The van der Waals surface area contributed by atoms with Gasteiger partial charge >= 0.3 is 0 Å². The van der Waals surface area contributed by atoms with E-state index in [4.69, 9.17) is 9.47 Å². The molecule has 0 fully saturated rings. The molecular weight excluding hydrogens is 432 g/mol. The maximum absolute atomic E-state index is 12.4. The molecule has 0 spiro atoms. The summed E-state index contributed by atoms with van der Waals surface area (Å²) in [7, 11) is 0. The third kappa shape index (κ3) is 5.80. The number of nitrogens with zero attached hydrogens (tertiary/aromatic N) is 2. The molecule has 0 saturated heterocycles. The Bertz CT molecular complexity index is 1280. The lowest BCUT2D eigenvalue weighted by molar-refractivity contribution is 0.0950. The van der Waals surface area contributed by atoms with Gasteiger partial charge in [0.25, 0.3) is 5.91 Å². The highest BCUT2D eigenvalue weighted by molar-refractivity contribution is 5.94. The lowest BCUT2D eigenvalue weighted by Gasteiger charge is -2.07. The highest BCUT2D eigenvalue weighted by atomic mass is 16.5. The summed E-state index contributed by atoms with van der Waals surface area (Å²) in [6.45, 7) is 2.71. The van der Waals surface area contributed by atoms with Gasteiger partial charge in [0.2, 0.25) is 0 Å². The lowest BCUT2D eigenvalue weighted by atomic mass is 10.1. The predicted octanol–water partition coefficient (Wildman–Crippen LogP) is 4.52. The summed E-state index contributed by atoms with van der Waals surface area (Å²) in [6.07, 6.45) is 1.46. The summed E-state index contributed by atoms with van der Waals surface area (Å²) in [6, 6.07) is 23.9. The molecule has 0 aliphatic rings. The number of amides is 1. The monoisotopic (exact) mass is 456 g/mol.